The number of alkyl halides is 1. The zero-order valence-corrected chi connectivity index (χ0v) is 45.8. The van der Waals surface area contributed by atoms with Crippen LogP contribution in [0.5, 0.6) is 11.6 Å². The van der Waals surface area contributed by atoms with Crippen LogP contribution >= 0.6 is 11.3 Å². The van der Waals surface area contributed by atoms with Gasteiger partial charge in [-0.25, -0.2) is 24.3 Å². The Kier molecular flexibility index (Phi) is 16.6. The van der Waals surface area contributed by atoms with Crippen molar-refractivity contribution in [3.05, 3.63) is 88.4 Å². The van der Waals surface area contributed by atoms with Crippen molar-refractivity contribution in [2.24, 2.45) is 22.5 Å². The smallest absolute Gasteiger partial charge is 0.255 e. The molecule has 412 valence electrons. The second kappa shape index (κ2) is 23.4. The number of likely N-dealkylation sites (tertiary alicyclic amines) is 2. The molecule has 19 nitrogen and oxygen atoms in total. The summed E-state index contributed by atoms with van der Waals surface area (Å²) in [7, 11) is 1.43. The van der Waals surface area contributed by atoms with Crippen LogP contribution in [0.15, 0.2) is 60.5 Å². The Morgan fingerprint density at radius 1 is 1.00 bits per heavy atom. The number of β-amino-alcohol motifs (C(OH)–C–C–N with tert-alkyl or cyclic N) is 1. The van der Waals surface area contributed by atoms with Crippen LogP contribution in [-0.4, -0.2) is 148 Å². The van der Waals surface area contributed by atoms with E-state index in [1.807, 2.05) is 64.4 Å². The van der Waals surface area contributed by atoms with Gasteiger partial charge in [-0.3, -0.25) is 28.9 Å². The summed E-state index contributed by atoms with van der Waals surface area (Å²) < 4.78 is 26.1. The monoisotopic (exact) mass is 1090 g/mol. The third-order valence-corrected chi connectivity index (χ3v) is 16.9. The number of nitrogens with two attached hydrogens (primary N) is 1. The molecule has 3 aromatic heterocycles. The Hall–Kier alpha value is -7.28. The van der Waals surface area contributed by atoms with Crippen molar-refractivity contribution >= 4 is 57.6 Å². The molecule has 5 amide bonds. The summed E-state index contributed by atoms with van der Waals surface area (Å²) in [5, 5.41) is 20.4. The van der Waals surface area contributed by atoms with Crippen molar-refractivity contribution < 1.29 is 42.9 Å². The van der Waals surface area contributed by atoms with Gasteiger partial charge in [-0.05, 0) is 86.2 Å². The summed E-state index contributed by atoms with van der Waals surface area (Å²) in [6.45, 7) is 13.3. The molecular formula is C57H68FN11O8S. The maximum Gasteiger partial charge on any atom is 0.255 e. The highest BCUT2D eigenvalue weighted by Gasteiger charge is 2.45. The summed E-state index contributed by atoms with van der Waals surface area (Å²) in [6, 6.07) is 8.66. The number of piperidine rings is 2. The van der Waals surface area contributed by atoms with Crippen LogP contribution in [0.1, 0.15) is 104 Å². The van der Waals surface area contributed by atoms with Crippen LogP contribution < -0.4 is 36.1 Å². The first-order valence-electron chi connectivity index (χ1n) is 26.6. The Balaban J connectivity index is 0.766. The molecule has 7 heterocycles. The van der Waals surface area contributed by atoms with Crippen LogP contribution in [0, 0.1) is 35.5 Å². The van der Waals surface area contributed by atoms with Crippen LogP contribution in [-0.2, 0) is 20.9 Å². The first-order chi connectivity index (χ1) is 37.3. The number of aliphatic hydroxyl groups excluding tert-OH is 1. The average molecular weight is 1090 g/mol. The van der Waals surface area contributed by atoms with Crippen molar-refractivity contribution in [1.82, 2.24) is 45.7 Å². The van der Waals surface area contributed by atoms with Crippen LogP contribution in [0.3, 0.4) is 0 Å². The van der Waals surface area contributed by atoms with Gasteiger partial charge in [-0.2, -0.15) is 0 Å². The number of carbonyl (C=O) groups excluding carboxylic acids is 5. The number of aryl methyl sites for hydroxylation is 1. The van der Waals surface area contributed by atoms with Gasteiger partial charge in [0.25, 0.3) is 17.7 Å². The molecule has 4 saturated heterocycles. The van der Waals surface area contributed by atoms with Gasteiger partial charge < -0.3 is 46.1 Å². The van der Waals surface area contributed by atoms with Gasteiger partial charge in [-0.1, -0.05) is 63.8 Å². The lowest BCUT2D eigenvalue weighted by atomic mass is 9.71. The number of nitrogens with one attached hydrogen (secondary N) is 3. The highest BCUT2D eigenvalue weighted by molar-refractivity contribution is 7.13. The second-order valence-electron chi connectivity index (χ2n) is 22.0. The summed E-state index contributed by atoms with van der Waals surface area (Å²) in [5.41, 5.74) is 10.8. The summed E-state index contributed by atoms with van der Waals surface area (Å²) in [5.74, 6) is 4.35. The Morgan fingerprint density at radius 3 is 2.35 bits per heavy atom. The molecule has 6 unspecified atom stereocenters. The van der Waals surface area contributed by atoms with Gasteiger partial charge in [0.15, 0.2) is 6.17 Å². The zero-order valence-electron chi connectivity index (χ0n) is 44.9. The Bertz CT molecular complexity index is 3100. The zero-order chi connectivity index (χ0) is 55.5. The molecule has 6 atom stereocenters. The lowest BCUT2D eigenvalue weighted by Gasteiger charge is -2.46. The van der Waals surface area contributed by atoms with Gasteiger partial charge >= 0.3 is 0 Å². The highest BCUT2D eigenvalue weighted by atomic mass is 32.1. The minimum Gasteiger partial charge on any atom is -0.496 e. The topological polar surface area (TPSA) is 247 Å². The van der Waals surface area contributed by atoms with E-state index < -0.39 is 65.4 Å². The molecule has 6 N–H and O–H groups in total. The molecule has 78 heavy (non-hydrogen) atoms. The summed E-state index contributed by atoms with van der Waals surface area (Å²) in [4.78, 5) is 91.2. The molecular weight excluding hydrogens is 1020 g/mol. The number of halogens is 1. The number of pyridine rings is 1. The van der Waals surface area contributed by atoms with Gasteiger partial charge in [0.2, 0.25) is 23.6 Å². The van der Waals surface area contributed by atoms with E-state index in [1.165, 1.54) is 24.4 Å². The Labute approximate surface area is 457 Å². The lowest BCUT2D eigenvalue weighted by Crippen LogP contribution is -2.57. The maximum absolute atomic E-state index is 14.5. The number of aliphatic hydroxyl groups is 1. The SMILES string of the molecule is CCC1C(COc2ncc(C#CCN3CCC4(CC3)CCN(c3ncc(C(=O)NC(C(=O)N5CC(O)CC5C(=O)NCc5ccc(-c6scnc6C)cc5)C(C)(C)C)cn3)CC4)c3cc(C(N)=O)c(OC)cc23)NC(=O)C1F. The van der Waals surface area contributed by atoms with Gasteiger partial charge in [0.05, 0.1) is 58.6 Å². The van der Waals surface area contributed by atoms with Crippen LogP contribution in [0.25, 0.3) is 21.2 Å². The normalized spacial score (nSPS) is 21.6. The third kappa shape index (κ3) is 12.1. The van der Waals surface area contributed by atoms with E-state index in [2.05, 4.69) is 57.5 Å². The number of primary amides is 1. The second-order valence-corrected chi connectivity index (χ2v) is 22.9. The van der Waals surface area contributed by atoms with Gasteiger partial charge in [-0.15, -0.1) is 11.3 Å². The molecule has 0 bridgehead atoms. The van der Waals surface area contributed by atoms with E-state index in [-0.39, 0.29) is 60.2 Å². The number of hydrogen-bond acceptors (Lipinski definition) is 15. The molecule has 4 aliphatic heterocycles. The fourth-order valence-corrected chi connectivity index (χ4v) is 11.9. The number of thiazole rings is 1. The number of benzene rings is 2. The average Bonchev–Trinajstić information content (AvgIpc) is 4.15. The van der Waals surface area contributed by atoms with Crippen molar-refractivity contribution in [3.8, 4) is 33.9 Å². The number of carbonyl (C=O) groups is 5. The predicted molar refractivity (Wildman–Crippen MR) is 292 cm³/mol. The number of anilines is 1. The minimum absolute atomic E-state index is 0.00468. The standard InChI is InChI=1S/C57H68FN11O8S/c1-7-39-43(65-52(74)46(39)58)31-77-53-41-25-45(76-6)42(49(59)71)24-40(41)36(27-61-53)9-8-18-67-19-14-57(15-20-67)16-21-68(22-17-57)55-62-28-37(29-63-55)50(72)66-48(56(3,4)5)54(75)69-30-38(70)23-44(69)51(73)60-26-34-10-12-35(13-11-34)47-33(2)64-32-78-47/h10-13,24-25,27-29,32,38-39,43-44,46,48,70H,7,14-23,26,30-31H2,1-6H3,(H2,59,71)(H,60,73)(H,65,74)(H,66,72). The molecule has 1 spiro atoms. The highest BCUT2D eigenvalue weighted by Crippen LogP contribution is 2.42. The molecule has 2 aromatic carbocycles. The Morgan fingerprint density at radius 2 is 1.71 bits per heavy atom. The number of nitrogens with zero attached hydrogens (tertiary/aromatic N) is 7. The van der Waals surface area contributed by atoms with Crippen molar-refractivity contribution in [3.63, 3.8) is 0 Å². The summed E-state index contributed by atoms with van der Waals surface area (Å²) >= 11 is 1.57. The molecule has 0 saturated carbocycles. The van der Waals surface area contributed by atoms with Gasteiger partial charge in [0, 0.05) is 67.9 Å². The number of rotatable bonds is 15. The van der Waals surface area contributed by atoms with E-state index >= 15 is 0 Å². The quantitative estimate of drug-likeness (QED) is 0.0871. The maximum atomic E-state index is 14.5. The molecule has 4 aliphatic rings. The molecule has 0 aliphatic carbocycles. The number of aromatic nitrogens is 4. The number of methoxy groups -OCH3 is 1. The molecule has 21 heteroatoms. The van der Waals surface area contributed by atoms with E-state index in [0.29, 0.717) is 35.2 Å². The van der Waals surface area contributed by atoms with E-state index in [1.54, 1.807) is 29.7 Å². The largest absolute Gasteiger partial charge is 0.496 e. The third-order valence-electron chi connectivity index (χ3n) is 15.9. The van der Waals surface area contributed by atoms with Crippen molar-refractivity contribution in [2.75, 3.05) is 57.9 Å². The van der Waals surface area contributed by atoms with E-state index in [0.717, 1.165) is 73.6 Å². The summed E-state index contributed by atoms with van der Waals surface area (Å²) in [6.07, 6.45) is 6.49. The molecule has 9 rings (SSSR count). The first-order valence-corrected chi connectivity index (χ1v) is 27.5. The van der Waals surface area contributed by atoms with Crippen molar-refractivity contribution in [1.29, 1.82) is 0 Å². The molecule has 5 aromatic rings. The van der Waals surface area contributed by atoms with E-state index in [4.69, 9.17) is 15.2 Å². The van der Waals surface area contributed by atoms with Crippen LogP contribution in [0.4, 0.5) is 10.3 Å². The molecule has 4 fully saturated rings. The fourth-order valence-electron chi connectivity index (χ4n) is 11.1. The van der Waals surface area contributed by atoms with Crippen molar-refractivity contribution in [2.45, 2.75) is 110 Å². The number of amides is 5. The lowest BCUT2D eigenvalue weighted by molar-refractivity contribution is -0.142. The first kappa shape index (κ1) is 55.5. The number of fused-ring (bicyclic) bond motifs is 1. The number of hydrogen-bond donors (Lipinski definition) is 5. The molecule has 0 radical (unpaired) electrons. The number of ether oxygens (including phenoxy) is 2. The minimum atomic E-state index is -1.60. The van der Waals surface area contributed by atoms with Crippen LogP contribution in [0.2, 0.25) is 0 Å². The fraction of sp³-hybridized carbons (Fsp3) is 0.491. The van der Waals surface area contributed by atoms with Gasteiger partial charge in [0.1, 0.15) is 24.4 Å². The van der Waals surface area contributed by atoms with E-state index in [9.17, 15) is 33.5 Å². The predicted octanol–water partition coefficient (Wildman–Crippen LogP) is 4.96.